The van der Waals surface area contributed by atoms with Gasteiger partial charge in [0.1, 0.15) is 5.75 Å². The molecule has 0 fully saturated rings. The summed E-state index contributed by atoms with van der Waals surface area (Å²) in [5, 5.41) is 0. The number of nitrogens with zero attached hydrogens (tertiary/aromatic N) is 1. The van der Waals surface area contributed by atoms with Crippen molar-refractivity contribution in [2.75, 3.05) is 26.1 Å². The van der Waals surface area contributed by atoms with Gasteiger partial charge in [-0.25, -0.2) is 10.2 Å². The van der Waals surface area contributed by atoms with Crippen LogP contribution in [-0.2, 0) is 9.53 Å². The van der Waals surface area contributed by atoms with Gasteiger partial charge in [-0.05, 0) is 32.0 Å². The summed E-state index contributed by atoms with van der Waals surface area (Å²) >= 11 is 0. The van der Waals surface area contributed by atoms with Crippen molar-refractivity contribution in [1.82, 2.24) is 10.9 Å². The fraction of sp³-hybridized carbons (Fsp3) is 0.333. The molecule has 0 aliphatic heterocycles. The van der Waals surface area contributed by atoms with Crippen molar-refractivity contribution >= 4 is 17.6 Å². The minimum absolute atomic E-state index is 0.298. The number of esters is 1. The molecule has 1 amide bonds. The van der Waals surface area contributed by atoms with Crippen molar-refractivity contribution < 1.29 is 19.1 Å². The zero-order valence-corrected chi connectivity index (χ0v) is 16.9. The maximum atomic E-state index is 12.7. The molecule has 1 atom stereocenters. The molecule has 0 aliphatic rings. The topological polar surface area (TPSA) is 79.9 Å². The van der Waals surface area contributed by atoms with E-state index < -0.39 is 12.0 Å². The maximum absolute atomic E-state index is 12.7. The van der Waals surface area contributed by atoms with Crippen LogP contribution in [0.1, 0.15) is 35.8 Å². The molecule has 7 nitrogen and oxygen atoms in total. The summed E-state index contributed by atoms with van der Waals surface area (Å²) in [6, 6.07) is 13.3. The van der Waals surface area contributed by atoms with E-state index in [0.717, 1.165) is 5.69 Å². The number of hydrogen-bond donors (Lipinski definition) is 2. The number of carbonyl (C=O) groups excluding carboxylic acids is 2. The van der Waals surface area contributed by atoms with Crippen molar-refractivity contribution in [3.05, 3.63) is 59.7 Å². The highest BCUT2D eigenvalue weighted by molar-refractivity contribution is 5.94. The van der Waals surface area contributed by atoms with Crippen molar-refractivity contribution in [2.24, 2.45) is 0 Å². The molecular formula is C21H27N3O4. The van der Waals surface area contributed by atoms with E-state index in [1.54, 1.807) is 44.2 Å². The van der Waals surface area contributed by atoms with E-state index in [1.165, 1.54) is 7.11 Å². The van der Waals surface area contributed by atoms with Gasteiger partial charge in [0, 0.05) is 37.0 Å². The highest BCUT2D eigenvalue weighted by Gasteiger charge is 2.27. The summed E-state index contributed by atoms with van der Waals surface area (Å²) in [7, 11) is 5.36. The predicted molar refractivity (Wildman–Crippen MR) is 108 cm³/mol. The molecule has 2 aromatic carbocycles. The molecule has 0 heterocycles. The van der Waals surface area contributed by atoms with Gasteiger partial charge in [-0.1, -0.05) is 24.3 Å². The first-order valence-corrected chi connectivity index (χ1v) is 9.00. The fourth-order valence-corrected chi connectivity index (χ4v) is 2.58. The first kappa shape index (κ1) is 21.2. The Morgan fingerprint density at radius 2 is 1.71 bits per heavy atom. The average molecular weight is 385 g/mol. The van der Waals surface area contributed by atoms with E-state index in [2.05, 4.69) is 10.9 Å². The zero-order valence-electron chi connectivity index (χ0n) is 16.9. The SMILES string of the molecule is COc1cc(N(C)C)ccc1[C@H](NNC(=O)c1ccccc1)C(=O)OC(C)C. The summed E-state index contributed by atoms with van der Waals surface area (Å²) in [5.41, 5.74) is 7.34. The number of hydrogen-bond acceptors (Lipinski definition) is 6. The Morgan fingerprint density at radius 1 is 1.04 bits per heavy atom. The van der Waals surface area contributed by atoms with Crippen molar-refractivity contribution in [1.29, 1.82) is 0 Å². The van der Waals surface area contributed by atoms with Crippen molar-refractivity contribution in [2.45, 2.75) is 26.0 Å². The van der Waals surface area contributed by atoms with Gasteiger partial charge in [-0.2, -0.15) is 0 Å². The van der Waals surface area contributed by atoms with E-state index in [9.17, 15) is 9.59 Å². The maximum Gasteiger partial charge on any atom is 0.329 e. The molecule has 0 spiro atoms. The third-order valence-electron chi connectivity index (χ3n) is 4.00. The van der Waals surface area contributed by atoms with Gasteiger partial charge >= 0.3 is 5.97 Å². The van der Waals surface area contributed by atoms with Crippen LogP contribution >= 0.6 is 0 Å². The second-order valence-electron chi connectivity index (χ2n) is 6.70. The molecule has 2 aromatic rings. The third kappa shape index (κ3) is 5.47. The molecule has 28 heavy (non-hydrogen) atoms. The van der Waals surface area contributed by atoms with E-state index in [1.807, 2.05) is 37.2 Å². The molecule has 0 aromatic heterocycles. The highest BCUT2D eigenvalue weighted by Crippen LogP contribution is 2.30. The van der Waals surface area contributed by atoms with Crippen LogP contribution in [0.2, 0.25) is 0 Å². The first-order valence-electron chi connectivity index (χ1n) is 9.00. The summed E-state index contributed by atoms with van der Waals surface area (Å²) in [6.07, 6.45) is -0.298. The quantitative estimate of drug-likeness (QED) is 0.537. The summed E-state index contributed by atoms with van der Waals surface area (Å²) in [4.78, 5) is 27.0. The molecule has 0 radical (unpaired) electrons. The number of methoxy groups -OCH3 is 1. The smallest absolute Gasteiger partial charge is 0.329 e. The van der Waals surface area contributed by atoms with Crippen LogP contribution in [0, 0.1) is 0 Å². The van der Waals surface area contributed by atoms with Gasteiger partial charge in [-0.3, -0.25) is 10.2 Å². The lowest BCUT2D eigenvalue weighted by Gasteiger charge is -2.23. The van der Waals surface area contributed by atoms with Crippen molar-refractivity contribution in [3.8, 4) is 5.75 Å². The Balaban J connectivity index is 2.29. The normalized spacial score (nSPS) is 11.6. The number of benzene rings is 2. The van der Waals surface area contributed by atoms with Gasteiger partial charge in [0.25, 0.3) is 5.91 Å². The Labute approximate surface area is 165 Å². The van der Waals surface area contributed by atoms with Gasteiger partial charge < -0.3 is 14.4 Å². The standard InChI is InChI=1S/C21H27N3O4/c1-14(2)28-21(26)19(22-23-20(25)15-9-7-6-8-10-15)17-12-11-16(24(3)4)13-18(17)27-5/h6-14,19,22H,1-5H3,(H,23,25)/t19-/m0/s1. The summed E-state index contributed by atoms with van der Waals surface area (Å²) in [5.74, 6) is -0.357. The van der Waals surface area contributed by atoms with Crippen LogP contribution in [0.25, 0.3) is 0 Å². The minimum atomic E-state index is -0.929. The molecule has 2 rings (SSSR count). The summed E-state index contributed by atoms with van der Waals surface area (Å²) in [6.45, 7) is 3.54. The minimum Gasteiger partial charge on any atom is -0.496 e. The van der Waals surface area contributed by atoms with E-state index >= 15 is 0 Å². The molecule has 0 saturated carbocycles. The second kappa shape index (κ2) is 9.75. The Kier molecular flexibility index (Phi) is 7.40. The molecule has 0 saturated heterocycles. The van der Waals surface area contributed by atoms with Gasteiger partial charge in [0.05, 0.1) is 13.2 Å². The van der Waals surface area contributed by atoms with Gasteiger partial charge in [0.15, 0.2) is 6.04 Å². The van der Waals surface area contributed by atoms with Crippen LogP contribution in [-0.4, -0.2) is 39.2 Å². The lowest BCUT2D eigenvalue weighted by molar-refractivity contribution is -0.150. The predicted octanol–water partition coefficient (Wildman–Crippen LogP) is 2.69. The lowest BCUT2D eigenvalue weighted by atomic mass is 10.1. The molecular weight excluding hydrogens is 358 g/mol. The largest absolute Gasteiger partial charge is 0.496 e. The number of hydrazine groups is 1. The average Bonchev–Trinajstić information content (AvgIpc) is 2.68. The monoisotopic (exact) mass is 385 g/mol. The van der Waals surface area contributed by atoms with Crippen LogP contribution < -0.4 is 20.5 Å². The van der Waals surface area contributed by atoms with Crippen LogP contribution in [0.4, 0.5) is 5.69 Å². The molecule has 0 bridgehead atoms. The van der Waals surface area contributed by atoms with E-state index in [-0.39, 0.29) is 12.0 Å². The van der Waals surface area contributed by atoms with E-state index in [0.29, 0.717) is 16.9 Å². The van der Waals surface area contributed by atoms with Crippen LogP contribution in [0.3, 0.4) is 0 Å². The molecule has 7 heteroatoms. The second-order valence-corrected chi connectivity index (χ2v) is 6.70. The van der Waals surface area contributed by atoms with Crippen LogP contribution in [0.15, 0.2) is 48.5 Å². The molecule has 0 aliphatic carbocycles. The number of carbonyl (C=O) groups is 2. The zero-order chi connectivity index (χ0) is 20.7. The Bertz CT molecular complexity index is 807. The fourth-order valence-electron chi connectivity index (χ4n) is 2.58. The number of anilines is 1. The third-order valence-corrected chi connectivity index (χ3v) is 4.00. The Morgan fingerprint density at radius 3 is 2.29 bits per heavy atom. The highest BCUT2D eigenvalue weighted by atomic mass is 16.5. The number of rotatable bonds is 8. The van der Waals surface area contributed by atoms with Gasteiger partial charge in [-0.15, -0.1) is 0 Å². The number of amides is 1. The molecule has 150 valence electrons. The first-order chi connectivity index (χ1) is 13.3. The van der Waals surface area contributed by atoms with Crippen LogP contribution in [0.5, 0.6) is 5.75 Å². The lowest BCUT2D eigenvalue weighted by Crippen LogP contribution is -2.44. The van der Waals surface area contributed by atoms with Gasteiger partial charge in [0.2, 0.25) is 0 Å². The molecule has 0 unspecified atom stereocenters. The molecule has 2 N–H and O–H groups in total. The number of nitrogens with one attached hydrogen (secondary N) is 2. The number of ether oxygens (including phenoxy) is 2. The Hall–Kier alpha value is -3.06. The summed E-state index contributed by atoms with van der Waals surface area (Å²) < 4.78 is 10.8. The van der Waals surface area contributed by atoms with Crippen molar-refractivity contribution in [3.63, 3.8) is 0 Å². The van der Waals surface area contributed by atoms with E-state index in [4.69, 9.17) is 9.47 Å².